The molecule has 2 aromatic rings. The fraction of sp³-hybridized carbons (Fsp3) is 0.368. The highest BCUT2D eigenvalue weighted by atomic mass is 16.1. The Morgan fingerprint density at radius 3 is 2.88 bits per heavy atom. The summed E-state index contributed by atoms with van der Waals surface area (Å²) in [5, 5.41) is 3.42. The summed E-state index contributed by atoms with van der Waals surface area (Å²) >= 11 is 0. The smallest absolute Gasteiger partial charge is 0.284 e. The number of aryl methyl sites for hydroxylation is 1. The van der Waals surface area contributed by atoms with Gasteiger partial charge in [0.1, 0.15) is 5.56 Å². The van der Waals surface area contributed by atoms with Crippen LogP contribution in [-0.2, 0) is 6.42 Å². The molecule has 132 valence electrons. The van der Waals surface area contributed by atoms with Gasteiger partial charge in [0.2, 0.25) is 0 Å². The van der Waals surface area contributed by atoms with Gasteiger partial charge in [-0.05, 0) is 37.5 Å². The lowest BCUT2D eigenvalue weighted by Gasteiger charge is -2.13. The molecule has 0 atom stereocenters. The first-order valence-corrected chi connectivity index (χ1v) is 9.19. The van der Waals surface area contributed by atoms with Gasteiger partial charge in [-0.25, -0.2) is 9.97 Å². The van der Waals surface area contributed by atoms with Crippen molar-refractivity contribution >= 4 is 11.0 Å². The Hall–Kier alpha value is -2.96. The SMILES string of the molecule is CCc1[nH]n(C2CCCC2)c2nc(-c3ccc4[nH]cnc4c3)nc(=O)c1-2. The molecule has 1 fully saturated rings. The first kappa shape index (κ1) is 15.3. The van der Waals surface area contributed by atoms with Crippen LogP contribution in [0, 0.1) is 0 Å². The van der Waals surface area contributed by atoms with Gasteiger partial charge in [0.15, 0.2) is 11.6 Å². The molecular weight excluding hydrogens is 328 g/mol. The summed E-state index contributed by atoms with van der Waals surface area (Å²) in [4.78, 5) is 29.2. The standard InChI is InChI=1S/C19H20N6O/c1-2-13-16-18(25(24-13)12-5-3-4-6-12)22-17(23-19(16)26)11-7-8-14-15(9-11)21-10-20-14/h7-10,12,24H,2-6H2,1H3,(H,20,21). The van der Waals surface area contributed by atoms with E-state index in [9.17, 15) is 4.79 Å². The molecule has 1 aliphatic carbocycles. The number of aromatic nitrogens is 6. The van der Waals surface area contributed by atoms with Crippen LogP contribution in [0.3, 0.4) is 0 Å². The lowest BCUT2D eigenvalue weighted by atomic mass is 10.1. The van der Waals surface area contributed by atoms with E-state index < -0.39 is 0 Å². The largest absolute Gasteiger partial charge is 0.345 e. The molecule has 0 spiro atoms. The number of hydrogen-bond acceptors (Lipinski definition) is 4. The predicted molar refractivity (Wildman–Crippen MR) is 99.2 cm³/mol. The monoisotopic (exact) mass is 348 g/mol. The molecule has 7 heteroatoms. The second-order valence-corrected chi connectivity index (χ2v) is 6.94. The van der Waals surface area contributed by atoms with Gasteiger partial charge in [-0.1, -0.05) is 19.8 Å². The van der Waals surface area contributed by atoms with Gasteiger partial charge in [0, 0.05) is 11.3 Å². The summed E-state index contributed by atoms with van der Waals surface area (Å²) in [6, 6.07) is 6.16. The predicted octanol–water partition coefficient (Wildman–Crippen LogP) is 3.29. The molecular formula is C19H20N6O. The van der Waals surface area contributed by atoms with Crippen molar-refractivity contribution in [2.45, 2.75) is 45.1 Å². The van der Waals surface area contributed by atoms with Crippen LogP contribution in [0.1, 0.15) is 44.3 Å². The number of benzene rings is 1. The molecule has 0 unspecified atom stereocenters. The van der Waals surface area contributed by atoms with E-state index in [1.165, 1.54) is 12.8 Å². The number of aromatic amines is 2. The normalized spacial score (nSPS) is 15.4. The minimum absolute atomic E-state index is 0.211. The molecule has 26 heavy (non-hydrogen) atoms. The molecule has 3 heterocycles. The highest BCUT2D eigenvalue weighted by molar-refractivity contribution is 5.80. The molecule has 0 amide bonds. The molecule has 0 bridgehead atoms. The van der Waals surface area contributed by atoms with Crippen LogP contribution in [0.4, 0.5) is 0 Å². The van der Waals surface area contributed by atoms with Gasteiger partial charge >= 0.3 is 0 Å². The Morgan fingerprint density at radius 1 is 1.23 bits per heavy atom. The van der Waals surface area contributed by atoms with Crippen molar-refractivity contribution < 1.29 is 0 Å². The topological polar surface area (TPSA) is 92.2 Å². The number of nitrogens with one attached hydrogen (secondary N) is 2. The minimum atomic E-state index is -0.211. The van der Waals surface area contributed by atoms with Crippen LogP contribution in [-0.4, -0.2) is 29.7 Å². The van der Waals surface area contributed by atoms with Crippen molar-refractivity contribution in [3.8, 4) is 22.8 Å². The summed E-state index contributed by atoms with van der Waals surface area (Å²) in [6.45, 7) is 2.04. The molecule has 2 aliphatic heterocycles. The van der Waals surface area contributed by atoms with Gasteiger partial charge in [0.05, 0.1) is 23.4 Å². The van der Waals surface area contributed by atoms with Crippen molar-refractivity contribution in [3.63, 3.8) is 0 Å². The average molecular weight is 348 g/mol. The van der Waals surface area contributed by atoms with E-state index in [4.69, 9.17) is 4.98 Å². The van der Waals surface area contributed by atoms with Gasteiger partial charge in [-0.2, -0.15) is 4.98 Å². The minimum Gasteiger partial charge on any atom is -0.345 e. The highest BCUT2D eigenvalue weighted by Crippen LogP contribution is 2.34. The fourth-order valence-electron chi connectivity index (χ4n) is 4.00. The quantitative estimate of drug-likeness (QED) is 0.594. The Bertz CT molecular complexity index is 1110. The van der Waals surface area contributed by atoms with Crippen molar-refractivity contribution in [2.75, 3.05) is 0 Å². The van der Waals surface area contributed by atoms with Crippen molar-refractivity contribution in [1.82, 2.24) is 29.7 Å². The number of imidazole rings is 1. The first-order chi connectivity index (χ1) is 12.7. The van der Waals surface area contributed by atoms with Crippen LogP contribution in [0.5, 0.6) is 0 Å². The molecule has 5 rings (SSSR count). The first-order valence-electron chi connectivity index (χ1n) is 9.19. The Balaban J connectivity index is 1.72. The maximum atomic E-state index is 12.8. The number of H-pyrrole nitrogens is 2. The van der Waals surface area contributed by atoms with Crippen molar-refractivity contribution in [1.29, 1.82) is 0 Å². The van der Waals surface area contributed by atoms with E-state index in [-0.39, 0.29) is 5.56 Å². The van der Waals surface area contributed by atoms with E-state index in [1.54, 1.807) is 6.33 Å². The maximum absolute atomic E-state index is 12.8. The van der Waals surface area contributed by atoms with Crippen LogP contribution < -0.4 is 5.56 Å². The molecule has 1 saturated carbocycles. The maximum Gasteiger partial charge on any atom is 0.284 e. The van der Waals surface area contributed by atoms with E-state index in [0.29, 0.717) is 17.4 Å². The molecule has 2 N–H and O–H groups in total. The summed E-state index contributed by atoms with van der Waals surface area (Å²) in [7, 11) is 0. The highest BCUT2D eigenvalue weighted by Gasteiger charge is 2.27. The van der Waals surface area contributed by atoms with E-state index in [2.05, 4.69) is 24.7 Å². The van der Waals surface area contributed by atoms with E-state index >= 15 is 0 Å². The third-order valence-corrected chi connectivity index (χ3v) is 5.37. The van der Waals surface area contributed by atoms with Crippen LogP contribution in [0.15, 0.2) is 29.3 Å². The van der Waals surface area contributed by atoms with Crippen LogP contribution in [0.25, 0.3) is 33.8 Å². The third-order valence-electron chi connectivity index (χ3n) is 5.37. The Labute approximate surface area is 149 Å². The average Bonchev–Trinajstić information content (AvgIpc) is 3.39. The zero-order chi connectivity index (χ0) is 17.7. The van der Waals surface area contributed by atoms with Gasteiger partial charge < -0.3 is 4.98 Å². The molecule has 1 aromatic carbocycles. The molecule has 3 aliphatic rings. The Kier molecular flexibility index (Phi) is 3.41. The lowest BCUT2D eigenvalue weighted by molar-refractivity contribution is 0.464. The van der Waals surface area contributed by atoms with Gasteiger partial charge in [-0.3, -0.25) is 14.6 Å². The Morgan fingerprint density at radius 2 is 2.08 bits per heavy atom. The second-order valence-electron chi connectivity index (χ2n) is 6.94. The summed E-state index contributed by atoms with van der Waals surface area (Å²) in [5.74, 6) is 1.19. The number of fused-ring (bicyclic) bond motifs is 2. The summed E-state index contributed by atoms with van der Waals surface area (Å²) in [5.41, 5.74) is 3.94. The van der Waals surface area contributed by atoms with Gasteiger partial charge in [0.25, 0.3) is 5.56 Å². The lowest BCUT2D eigenvalue weighted by Crippen LogP contribution is -2.17. The van der Waals surface area contributed by atoms with E-state index in [1.807, 2.05) is 25.1 Å². The molecule has 0 saturated heterocycles. The fourth-order valence-corrected chi connectivity index (χ4v) is 4.00. The number of rotatable bonds is 3. The van der Waals surface area contributed by atoms with Crippen LogP contribution in [0.2, 0.25) is 0 Å². The molecule has 0 radical (unpaired) electrons. The summed E-state index contributed by atoms with van der Waals surface area (Å²) < 4.78 is 2.10. The van der Waals surface area contributed by atoms with E-state index in [0.717, 1.165) is 47.4 Å². The zero-order valence-electron chi connectivity index (χ0n) is 14.6. The number of nitrogens with zero attached hydrogens (tertiary/aromatic N) is 4. The second kappa shape index (κ2) is 5.79. The number of hydrogen-bond donors (Lipinski definition) is 2. The zero-order valence-corrected chi connectivity index (χ0v) is 14.6. The van der Waals surface area contributed by atoms with Crippen molar-refractivity contribution in [3.05, 3.63) is 40.6 Å². The van der Waals surface area contributed by atoms with Crippen LogP contribution >= 0.6 is 0 Å². The third kappa shape index (κ3) is 2.27. The molecule has 7 nitrogen and oxygen atoms in total. The van der Waals surface area contributed by atoms with Crippen molar-refractivity contribution in [2.24, 2.45) is 0 Å². The summed E-state index contributed by atoms with van der Waals surface area (Å²) in [6.07, 6.45) is 7.10. The molecule has 1 aromatic heterocycles. The van der Waals surface area contributed by atoms with Gasteiger partial charge in [-0.15, -0.1) is 0 Å².